The predicted molar refractivity (Wildman–Crippen MR) is 114 cm³/mol. The first kappa shape index (κ1) is 23.8. The Morgan fingerprint density at radius 2 is 1.12 bits per heavy atom. The van der Waals surface area contributed by atoms with E-state index in [2.05, 4.69) is 10.6 Å². The van der Waals surface area contributed by atoms with E-state index in [1.54, 1.807) is 0 Å². The lowest BCUT2D eigenvalue weighted by molar-refractivity contribution is -0.385. The van der Waals surface area contributed by atoms with Gasteiger partial charge in [0.1, 0.15) is 0 Å². The van der Waals surface area contributed by atoms with E-state index in [1.807, 2.05) is 0 Å². The number of nitrogens with one attached hydrogen (secondary N) is 2. The number of nitrogens with zero attached hydrogens (tertiary/aromatic N) is 2. The topological polar surface area (TPSA) is 144 Å². The summed E-state index contributed by atoms with van der Waals surface area (Å²) in [5.41, 5.74) is -3.01. The van der Waals surface area contributed by atoms with Crippen molar-refractivity contribution in [3.05, 3.63) is 104 Å². The number of alkyl halides is 3. The van der Waals surface area contributed by atoms with Gasteiger partial charge in [-0.15, -0.1) is 0 Å². The first-order valence-corrected chi connectivity index (χ1v) is 9.28. The quantitative estimate of drug-likeness (QED) is 0.379. The fourth-order valence-electron chi connectivity index (χ4n) is 2.86. The van der Waals surface area contributed by atoms with Gasteiger partial charge in [0.25, 0.3) is 23.2 Å². The van der Waals surface area contributed by atoms with Crippen molar-refractivity contribution in [3.63, 3.8) is 0 Å². The van der Waals surface area contributed by atoms with Crippen LogP contribution in [0.3, 0.4) is 0 Å². The van der Waals surface area contributed by atoms with Crippen LogP contribution in [0.15, 0.2) is 66.7 Å². The van der Waals surface area contributed by atoms with Crippen LogP contribution in [0.2, 0.25) is 0 Å². The fourth-order valence-corrected chi connectivity index (χ4v) is 2.86. The van der Waals surface area contributed by atoms with Gasteiger partial charge in [-0.05, 0) is 30.3 Å². The van der Waals surface area contributed by atoms with Crippen LogP contribution in [0.1, 0.15) is 26.3 Å². The highest BCUT2D eigenvalue weighted by Crippen LogP contribution is 2.34. The zero-order valence-corrected chi connectivity index (χ0v) is 16.8. The Bertz CT molecular complexity index is 1220. The van der Waals surface area contributed by atoms with Crippen molar-refractivity contribution in [2.45, 2.75) is 6.18 Å². The molecule has 0 radical (unpaired) electrons. The van der Waals surface area contributed by atoms with Crippen LogP contribution in [0.25, 0.3) is 0 Å². The van der Waals surface area contributed by atoms with Gasteiger partial charge in [-0.2, -0.15) is 13.2 Å². The van der Waals surface area contributed by atoms with Crippen LogP contribution in [-0.2, 0) is 6.18 Å². The second-order valence-electron chi connectivity index (χ2n) is 6.82. The average Bonchev–Trinajstić information content (AvgIpc) is 2.78. The molecule has 3 aromatic rings. The Labute approximate surface area is 188 Å². The molecule has 0 spiro atoms. The molecule has 10 nitrogen and oxygen atoms in total. The zero-order chi connectivity index (χ0) is 25.0. The number of rotatable bonds is 6. The largest absolute Gasteiger partial charge is 0.416 e. The number of halogens is 3. The molecule has 3 aromatic carbocycles. The van der Waals surface area contributed by atoms with Crippen molar-refractivity contribution < 1.29 is 32.6 Å². The Balaban J connectivity index is 1.91. The van der Waals surface area contributed by atoms with E-state index in [0.717, 1.165) is 30.3 Å². The van der Waals surface area contributed by atoms with Crippen LogP contribution in [0.5, 0.6) is 0 Å². The zero-order valence-electron chi connectivity index (χ0n) is 16.8. The van der Waals surface area contributed by atoms with E-state index in [9.17, 15) is 43.0 Å². The van der Waals surface area contributed by atoms with Crippen LogP contribution in [0.4, 0.5) is 35.9 Å². The lowest BCUT2D eigenvalue weighted by Gasteiger charge is -2.14. The maximum atomic E-state index is 13.4. The molecule has 0 aromatic heterocycles. The summed E-state index contributed by atoms with van der Waals surface area (Å²) in [6.45, 7) is 0. The SMILES string of the molecule is O=C(Nc1cc(NC(=O)c2cccc([N+](=O)[O-])c2)cc(C(F)(F)F)c1)c1cccc([N+](=O)[O-])c1. The number of amides is 2. The van der Waals surface area contributed by atoms with Gasteiger partial charge in [0.15, 0.2) is 0 Å². The van der Waals surface area contributed by atoms with Gasteiger partial charge >= 0.3 is 6.18 Å². The number of hydrogen-bond acceptors (Lipinski definition) is 6. The van der Waals surface area contributed by atoms with E-state index in [-0.39, 0.29) is 33.9 Å². The minimum atomic E-state index is -4.84. The predicted octanol–water partition coefficient (Wildman–Crippen LogP) is 5.03. The minimum absolute atomic E-state index is 0.172. The van der Waals surface area contributed by atoms with Crippen molar-refractivity contribution in [1.29, 1.82) is 0 Å². The summed E-state index contributed by atoms with van der Waals surface area (Å²) in [5, 5.41) is 26.2. The van der Waals surface area contributed by atoms with Crippen molar-refractivity contribution in [2.75, 3.05) is 10.6 Å². The second kappa shape index (κ2) is 9.36. The maximum Gasteiger partial charge on any atom is 0.416 e. The summed E-state index contributed by atoms with van der Waals surface area (Å²) in [7, 11) is 0. The molecule has 0 bridgehead atoms. The van der Waals surface area contributed by atoms with Crippen LogP contribution in [-0.4, -0.2) is 21.7 Å². The molecule has 0 aliphatic carbocycles. The molecule has 0 saturated carbocycles. The molecule has 0 fully saturated rings. The number of non-ortho nitro benzene ring substituents is 2. The number of nitro benzene ring substituents is 2. The second-order valence-corrected chi connectivity index (χ2v) is 6.82. The summed E-state index contributed by atoms with van der Waals surface area (Å²) in [4.78, 5) is 45.2. The third-order valence-electron chi connectivity index (χ3n) is 4.41. The van der Waals surface area contributed by atoms with Gasteiger partial charge < -0.3 is 10.6 Å². The van der Waals surface area contributed by atoms with Gasteiger partial charge in [0.05, 0.1) is 15.4 Å². The summed E-state index contributed by atoms with van der Waals surface area (Å²) in [5.74, 6) is -1.84. The van der Waals surface area contributed by atoms with Crippen molar-refractivity contribution in [3.8, 4) is 0 Å². The standard InChI is InChI=1S/C21H13F3N4O6/c22-21(23,24)14-9-15(25-19(29)12-3-1-5-17(7-12)27(31)32)11-16(10-14)26-20(30)13-4-2-6-18(8-13)28(33)34/h1-11H,(H,25,29)(H,26,30). The lowest BCUT2D eigenvalue weighted by Crippen LogP contribution is -2.16. The molecule has 0 atom stereocenters. The maximum absolute atomic E-state index is 13.4. The van der Waals surface area contributed by atoms with Gasteiger partial charge in [-0.1, -0.05) is 12.1 Å². The first-order chi connectivity index (χ1) is 15.9. The third kappa shape index (κ3) is 5.70. The van der Waals surface area contributed by atoms with E-state index in [1.165, 1.54) is 24.3 Å². The van der Waals surface area contributed by atoms with Crippen LogP contribution < -0.4 is 10.6 Å². The molecule has 174 valence electrons. The molecular weight excluding hydrogens is 461 g/mol. The molecule has 0 unspecified atom stereocenters. The van der Waals surface area contributed by atoms with Crippen molar-refractivity contribution >= 4 is 34.6 Å². The average molecular weight is 474 g/mol. The Kier molecular flexibility index (Phi) is 6.56. The molecular formula is C21H13F3N4O6. The molecule has 2 amide bonds. The van der Waals surface area contributed by atoms with Gasteiger partial charge in [-0.25, -0.2) is 0 Å². The number of nitro groups is 2. The summed E-state index contributed by atoms with van der Waals surface area (Å²) >= 11 is 0. The van der Waals surface area contributed by atoms with E-state index in [0.29, 0.717) is 12.1 Å². The number of carbonyl (C=O) groups is 2. The van der Waals surface area contributed by atoms with E-state index >= 15 is 0 Å². The summed E-state index contributed by atoms with van der Waals surface area (Å²) in [6, 6.07) is 11.4. The Morgan fingerprint density at radius 1 is 0.706 bits per heavy atom. The van der Waals surface area contributed by atoms with Crippen LogP contribution >= 0.6 is 0 Å². The molecule has 2 N–H and O–H groups in total. The number of carbonyl (C=O) groups excluding carboxylic acids is 2. The molecule has 3 rings (SSSR count). The normalized spacial score (nSPS) is 10.9. The number of anilines is 2. The van der Waals surface area contributed by atoms with Crippen molar-refractivity contribution in [1.82, 2.24) is 0 Å². The minimum Gasteiger partial charge on any atom is -0.322 e. The number of benzene rings is 3. The van der Waals surface area contributed by atoms with Crippen molar-refractivity contribution in [2.24, 2.45) is 0 Å². The van der Waals surface area contributed by atoms with Gasteiger partial charge in [-0.3, -0.25) is 29.8 Å². The van der Waals surface area contributed by atoms with Gasteiger partial charge in [0.2, 0.25) is 0 Å². The first-order valence-electron chi connectivity index (χ1n) is 9.28. The smallest absolute Gasteiger partial charge is 0.322 e. The third-order valence-corrected chi connectivity index (χ3v) is 4.41. The molecule has 0 saturated heterocycles. The molecule has 0 aliphatic heterocycles. The summed E-state index contributed by atoms with van der Waals surface area (Å²) in [6.07, 6.45) is -4.84. The van der Waals surface area contributed by atoms with E-state index < -0.39 is 33.4 Å². The monoisotopic (exact) mass is 474 g/mol. The molecule has 34 heavy (non-hydrogen) atoms. The highest BCUT2D eigenvalue weighted by molar-refractivity contribution is 6.07. The highest BCUT2D eigenvalue weighted by Gasteiger charge is 2.31. The fraction of sp³-hybridized carbons (Fsp3) is 0.0476. The Morgan fingerprint density at radius 3 is 1.47 bits per heavy atom. The van der Waals surface area contributed by atoms with Crippen LogP contribution in [0, 0.1) is 20.2 Å². The number of hydrogen-bond donors (Lipinski definition) is 2. The summed E-state index contributed by atoms with van der Waals surface area (Å²) < 4.78 is 40.1. The molecule has 13 heteroatoms. The lowest BCUT2D eigenvalue weighted by atomic mass is 10.1. The van der Waals surface area contributed by atoms with E-state index in [4.69, 9.17) is 0 Å². The molecule has 0 heterocycles. The molecule has 0 aliphatic rings. The highest BCUT2D eigenvalue weighted by atomic mass is 19.4. The van der Waals surface area contributed by atoms with Gasteiger partial charge in [0, 0.05) is 46.8 Å². The Hall–Kier alpha value is -4.81.